The molecule has 7 heteroatoms. The van der Waals surface area contributed by atoms with Crippen LogP contribution in [0.1, 0.15) is 69.2 Å². The topological polar surface area (TPSA) is 86.7 Å². The maximum Gasteiger partial charge on any atom is 0.305 e. The molecule has 1 aliphatic rings. The fourth-order valence-corrected chi connectivity index (χ4v) is 3.34. The number of carbonyl (C=O) groups is 3. The molecule has 1 aromatic carbocycles. The third-order valence-corrected chi connectivity index (χ3v) is 5.12. The number of carboxylic acids is 1. The van der Waals surface area contributed by atoms with E-state index in [0.29, 0.717) is 6.42 Å². The maximum absolute atomic E-state index is 12.7. The van der Waals surface area contributed by atoms with E-state index in [2.05, 4.69) is 11.4 Å². The molecule has 1 heterocycles. The third kappa shape index (κ3) is 7.15. The van der Waals surface area contributed by atoms with Gasteiger partial charge in [0.25, 0.3) is 0 Å². The second kappa shape index (κ2) is 13.1. The van der Waals surface area contributed by atoms with E-state index in [-0.39, 0.29) is 62.7 Å². The monoisotopic (exact) mass is 629 g/mol. The molecule has 0 aliphatic carbocycles. The molecule has 2 N–H and O–H groups in total. The van der Waals surface area contributed by atoms with E-state index in [1.165, 1.54) is 4.90 Å². The van der Waals surface area contributed by atoms with E-state index in [0.717, 1.165) is 22.3 Å². The van der Waals surface area contributed by atoms with Crippen molar-refractivity contribution in [1.82, 2.24) is 10.2 Å². The summed E-state index contributed by atoms with van der Waals surface area (Å²) in [4.78, 5) is 37.3. The minimum absolute atomic E-state index is 0. The van der Waals surface area contributed by atoms with Crippen molar-refractivity contribution in [2.24, 2.45) is 0 Å². The van der Waals surface area contributed by atoms with Crippen LogP contribution in [0, 0.1) is 58.0 Å². The zero-order valence-electron chi connectivity index (χ0n) is 17.8. The minimum atomic E-state index is -0.970. The number of amides is 2. The van der Waals surface area contributed by atoms with Crippen molar-refractivity contribution in [2.75, 3.05) is 7.05 Å². The van der Waals surface area contributed by atoms with Gasteiger partial charge >= 0.3 is 5.97 Å². The van der Waals surface area contributed by atoms with E-state index < -0.39 is 18.1 Å². The zero-order chi connectivity index (χ0) is 20.9. The third-order valence-electron chi connectivity index (χ3n) is 5.12. The number of hydrogen-bond acceptors (Lipinski definition) is 3. The summed E-state index contributed by atoms with van der Waals surface area (Å²) < 4.78 is 0. The number of likely N-dealkylation sites (N-methyl/N-ethyl adjacent to an activating group) is 1. The molecular formula is C22H35N2O4U-. The second-order valence-corrected chi connectivity index (χ2v) is 6.88. The molecule has 29 heavy (non-hydrogen) atoms. The summed E-state index contributed by atoms with van der Waals surface area (Å²) >= 11 is 0. The number of nitrogens with one attached hydrogen (secondary N) is 1. The maximum atomic E-state index is 12.7. The van der Waals surface area contributed by atoms with Crippen molar-refractivity contribution in [3.8, 4) is 0 Å². The summed E-state index contributed by atoms with van der Waals surface area (Å²) in [5.74, 6) is -1.74. The molecule has 1 fully saturated rings. The van der Waals surface area contributed by atoms with Crippen LogP contribution in [-0.2, 0) is 14.4 Å². The van der Waals surface area contributed by atoms with E-state index in [1.807, 2.05) is 40.7 Å². The van der Waals surface area contributed by atoms with E-state index in [4.69, 9.17) is 5.11 Å². The molecule has 0 saturated carbocycles. The summed E-state index contributed by atoms with van der Waals surface area (Å²) in [6, 6.07) is 3.96. The number of rotatable bonds is 5. The Hall–Kier alpha value is -1.32. The van der Waals surface area contributed by atoms with Crippen molar-refractivity contribution in [2.45, 2.75) is 79.8 Å². The molecule has 1 aromatic rings. The largest absolute Gasteiger partial charge is 0.481 e. The van der Waals surface area contributed by atoms with Crippen LogP contribution < -0.4 is 5.32 Å². The van der Waals surface area contributed by atoms with Gasteiger partial charge in [0.15, 0.2) is 0 Å². The fourth-order valence-electron chi connectivity index (χ4n) is 3.34. The van der Waals surface area contributed by atoms with Crippen molar-refractivity contribution in [3.63, 3.8) is 0 Å². The number of nitrogens with zero attached hydrogens (tertiary/aromatic N) is 1. The number of hydrogen-bond donors (Lipinski definition) is 2. The van der Waals surface area contributed by atoms with Gasteiger partial charge in [-0.25, -0.2) is 0 Å². The van der Waals surface area contributed by atoms with E-state index in [9.17, 15) is 14.4 Å². The van der Waals surface area contributed by atoms with Crippen molar-refractivity contribution in [3.05, 3.63) is 34.4 Å². The molecule has 1 saturated heterocycles. The molecule has 3 atom stereocenters. The molecule has 1 aliphatic heterocycles. The number of likely N-dealkylation sites (tertiary alicyclic amines) is 1. The van der Waals surface area contributed by atoms with Gasteiger partial charge in [-0.05, 0) is 13.3 Å². The number of carboxylic acid groups (broad SMARTS) is 1. The smallest absolute Gasteiger partial charge is 0.305 e. The average molecular weight is 630 g/mol. The molecular weight excluding hydrogens is 594 g/mol. The van der Waals surface area contributed by atoms with Gasteiger partial charge in [-0.2, -0.15) is 28.8 Å². The van der Waals surface area contributed by atoms with E-state index >= 15 is 0 Å². The first-order valence-electron chi connectivity index (χ1n) is 9.40. The quantitative estimate of drug-likeness (QED) is 0.490. The van der Waals surface area contributed by atoms with Crippen LogP contribution in [0.3, 0.4) is 0 Å². The Balaban J connectivity index is 0. The minimum Gasteiger partial charge on any atom is -0.481 e. The Bertz CT molecular complexity index is 721. The molecule has 2 amide bonds. The number of aryl methyl sites for hydroxylation is 1. The summed E-state index contributed by atoms with van der Waals surface area (Å²) in [6.07, 6.45) is 0.239. The number of benzene rings is 1. The van der Waals surface area contributed by atoms with Crippen LogP contribution in [0.4, 0.5) is 0 Å². The van der Waals surface area contributed by atoms with Gasteiger partial charge in [0, 0.05) is 50.1 Å². The zero-order valence-corrected chi connectivity index (χ0v) is 22.0. The normalized spacial score (nSPS) is 18.6. The Labute approximate surface area is 199 Å². The molecule has 6 nitrogen and oxygen atoms in total. The first-order chi connectivity index (χ1) is 12.6. The predicted molar refractivity (Wildman–Crippen MR) is 111 cm³/mol. The summed E-state index contributed by atoms with van der Waals surface area (Å²) in [5.41, 5.74) is 4.13. The molecule has 3 unspecified atom stereocenters. The van der Waals surface area contributed by atoms with E-state index in [1.54, 1.807) is 14.0 Å². The van der Waals surface area contributed by atoms with Crippen molar-refractivity contribution < 1.29 is 50.6 Å². The van der Waals surface area contributed by atoms with Crippen LogP contribution in [0.25, 0.3) is 0 Å². The number of aliphatic carboxylic acids is 1. The Morgan fingerprint density at radius 1 is 1.28 bits per heavy atom. The standard InChI is InChI=1S/C19H25N2O4.C2H6.CH4.U/c1-10-6-7-14(13(4)12(10)3)15-9-16(21(5)19(15)25)18(24)20-11(2)8-17(22)23;1-2;;/h7,11,15-16H,8-9H2,1-5H3,(H,20,24)(H,22,23);1-2H3;1H4;/q-1;;;. The summed E-state index contributed by atoms with van der Waals surface area (Å²) in [5, 5.41) is 11.5. The summed E-state index contributed by atoms with van der Waals surface area (Å²) in [6.45, 7) is 11.6. The van der Waals surface area contributed by atoms with Crippen molar-refractivity contribution in [1.29, 1.82) is 0 Å². The van der Waals surface area contributed by atoms with Gasteiger partial charge in [0.1, 0.15) is 6.04 Å². The van der Waals surface area contributed by atoms with Crippen LogP contribution in [-0.4, -0.2) is 46.9 Å². The first kappa shape index (κ1) is 29.9. The molecule has 0 aromatic heterocycles. The van der Waals surface area contributed by atoms with Gasteiger partial charge in [-0.1, -0.05) is 42.0 Å². The summed E-state index contributed by atoms with van der Waals surface area (Å²) in [7, 11) is 1.62. The average Bonchev–Trinajstić information content (AvgIpc) is 2.90. The molecule has 0 bridgehead atoms. The Kier molecular flexibility index (Phi) is 13.5. The van der Waals surface area contributed by atoms with Crippen LogP contribution in [0.2, 0.25) is 0 Å². The second-order valence-electron chi connectivity index (χ2n) is 6.88. The first-order valence-corrected chi connectivity index (χ1v) is 9.40. The fraction of sp³-hybridized carbons (Fsp3) is 0.591. The van der Waals surface area contributed by atoms with Crippen LogP contribution in [0.15, 0.2) is 6.07 Å². The van der Waals surface area contributed by atoms with Gasteiger partial charge in [-0.15, -0.1) is 5.56 Å². The molecule has 0 spiro atoms. The van der Waals surface area contributed by atoms with Crippen molar-refractivity contribution >= 4 is 17.8 Å². The number of carbonyl (C=O) groups excluding carboxylic acids is 2. The SMILES string of the molecule is C.CC.Cc1[c-]cc(C2CC(C(=O)NC(C)CC(=O)O)N(C)C2=O)c(C)c1C.[U]. The molecule has 0 radical (unpaired) electrons. The van der Waals surface area contributed by atoms with Gasteiger partial charge < -0.3 is 15.3 Å². The van der Waals surface area contributed by atoms with Crippen LogP contribution >= 0.6 is 0 Å². The molecule has 2 rings (SSSR count). The van der Waals surface area contributed by atoms with Gasteiger partial charge in [-0.3, -0.25) is 14.4 Å². The van der Waals surface area contributed by atoms with Gasteiger partial charge in [0.2, 0.25) is 11.8 Å². The van der Waals surface area contributed by atoms with Crippen LogP contribution in [0.5, 0.6) is 0 Å². The predicted octanol–water partition coefficient (Wildman–Crippen LogP) is 3.37. The molecule has 162 valence electrons. The Morgan fingerprint density at radius 2 is 1.83 bits per heavy atom. The van der Waals surface area contributed by atoms with Gasteiger partial charge in [0.05, 0.1) is 6.42 Å². The Morgan fingerprint density at radius 3 is 2.34 bits per heavy atom.